The van der Waals surface area contributed by atoms with Crippen LogP contribution in [0.25, 0.3) is 0 Å². The highest BCUT2D eigenvalue weighted by atomic mass is 35.5. The summed E-state index contributed by atoms with van der Waals surface area (Å²) < 4.78 is 0. The van der Waals surface area contributed by atoms with Gasteiger partial charge in [-0.1, -0.05) is 6.07 Å². The van der Waals surface area contributed by atoms with Gasteiger partial charge in [0.2, 0.25) is 5.91 Å². The van der Waals surface area contributed by atoms with Crippen LogP contribution in [0.3, 0.4) is 0 Å². The number of halogens is 2. The van der Waals surface area contributed by atoms with Gasteiger partial charge in [-0.15, -0.1) is 24.8 Å². The minimum atomic E-state index is 0. The van der Waals surface area contributed by atoms with Gasteiger partial charge in [0.1, 0.15) is 0 Å². The quantitative estimate of drug-likeness (QED) is 0.917. The highest BCUT2D eigenvalue weighted by Gasteiger charge is 2.14. The Hall–Kier alpha value is -0.840. The molecule has 1 unspecified atom stereocenters. The van der Waals surface area contributed by atoms with E-state index in [1.54, 1.807) is 18.1 Å². The highest BCUT2D eigenvalue weighted by molar-refractivity contribution is 5.85. The summed E-state index contributed by atoms with van der Waals surface area (Å²) in [7, 11) is 1.78. The summed E-state index contributed by atoms with van der Waals surface area (Å²) in [4.78, 5) is 17.7. The highest BCUT2D eigenvalue weighted by Crippen LogP contribution is 2.04. The van der Waals surface area contributed by atoms with Crippen LogP contribution in [0.4, 0.5) is 0 Å². The Labute approximate surface area is 121 Å². The van der Waals surface area contributed by atoms with Gasteiger partial charge in [0.15, 0.2) is 0 Å². The van der Waals surface area contributed by atoms with Gasteiger partial charge in [0.25, 0.3) is 0 Å². The molecule has 0 aliphatic heterocycles. The van der Waals surface area contributed by atoms with Crippen LogP contribution in [0, 0.1) is 6.92 Å². The minimum Gasteiger partial charge on any atom is -0.341 e. The van der Waals surface area contributed by atoms with E-state index in [1.807, 2.05) is 26.0 Å². The maximum atomic E-state index is 11.8. The number of amides is 1. The lowest BCUT2D eigenvalue weighted by Gasteiger charge is -2.23. The van der Waals surface area contributed by atoms with Crippen LogP contribution >= 0.6 is 24.8 Å². The second kappa shape index (κ2) is 9.14. The summed E-state index contributed by atoms with van der Waals surface area (Å²) in [5, 5.41) is 0. The van der Waals surface area contributed by atoms with E-state index < -0.39 is 0 Å². The second-order valence-electron chi connectivity index (χ2n) is 4.07. The van der Waals surface area contributed by atoms with Crippen molar-refractivity contribution >= 4 is 30.7 Å². The number of aromatic nitrogens is 1. The van der Waals surface area contributed by atoms with Gasteiger partial charge >= 0.3 is 0 Å². The van der Waals surface area contributed by atoms with E-state index in [4.69, 9.17) is 5.73 Å². The van der Waals surface area contributed by atoms with Crippen LogP contribution in [0.1, 0.15) is 18.2 Å². The van der Waals surface area contributed by atoms with Crippen LogP contribution in [-0.4, -0.2) is 35.4 Å². The van der Waals surface area contributed by atoms with Crippen molar-refractivity contribution in [2.24, 2.45) is 5.73 Å². The first-order valence-electron chi connectivity index (χ1n) is 5.42. The Balaban J connectivity index is 0. The molecule has 0 bridgehead atoms. The third-order valence-corrected chi connectivity index (χ3v) is 2.72. The number of carbonyl (C=O) groups is 1. The first-order valence-corrected chi connectivity index (χ1v) is 5.42. The lowest BCUT2D eigenvalue weighted by molar-refractivity contribution is -0.130. The molecule has 0 aliphatic carbocycles. The standard InChI is InChI=1S/C12H19N3O.2ClH/c1-9-4-5-11(8-14-9)6-12(16)15(3)10(2)7-13;;/h4-5,8,10H,6-7,13H2,1-3H3;2*1H. The topological polar surface area (TPSA) is 59.2 Å². The number of hydrogen-bond donors (Lipinski definition) is 1. The fourth-order valence-electron chi connectivity index (χ4n) is 1.31. The number of rotatable bonds is 4. The number of nitrogens with two attached hydrogens (primary N) is 1. The van der Waals surface area contributed by atoms with Crippen molar-refractivity contribution in [3.8, 4) is 0 Å². The Bertz CT molecular complexity index is 357. The molecule has 0 radical (unpaired) electrons. The Morgan fingerprint density at radius 2 is 2.06 bits per heavy atom. The summed E-state index contributed by atoms with van der Waals surface area (Å²) in [6.45, 7) is 4.34. The number of carbonyl (C=O) groups excluding carboxylic acids is 1. The van der Waals surface area contributed by atoms with Crippen molar-refractivity contribution in [2.75, 3.05) is 13.6 Å². The molecule has 1 amide bonds. The van der Waals surface area contributed by atoms with E-state index in [0.717, 1.165) is 11.3 Å². The first-order chi connectivity index (χ1) is 7.54. The Kier molecular flexibility index (Phi) is 9.90. The average molecular weight is 294 g/mol. The van der Waals surface area contributed by atoms with E-state index in [1.165, 1.54) is 0 Å². The molecule has 1 rings (SSSR count). The van der Waals surface area contributed by atoms with Gasteiger partial charge in [-0.05, 0) is 25.5 Å². The number of pyridine rings is 1. The van der Waals surface area contributed by atoms with E-state index in [2.05, 4.69) is 4.98 Å². The van der Waals surface area contributed by atoms with E-state index in [9.17, 15) is 4.79 Å². The molecular weight excluding hydrogens is 273 g/mol. The maximum absolute atomic E-state index is 11.8. The van der Waals surface area contributed by atoms with Crippen LogP contribution in [0.5, 0.6) is 0 Å². The van der Waals surface area contributed by atoms with Crippen LogP contribution in [-0.2, 0) is 11.2 Å². The lowest BCUT2D eigenvalue weighted by atomic mass is 10.1. The summed E-state index contributed by atoms with van der Waals surface area (Å²) in [5.74, 6) is 0.0728. The molecule has 1 aromatic heterocycles. The summed E-state index contributed by atoms with van der Waals surface area (Å²) in [6.07, 6.45) is 2.13. The monoisotopic (exact) mass is 293 g/mol. The molecule has 0 aliphatic rings. The zero-order valence-electron chi connectivity index (χ0n) is 10.9. The minimum absolute atomic E-state index is 0. The third-order valence-electron chi connectivity index (χ3n) is 2.72. The maximum Gasteiger partial charge on any atom is 0.227 e. The van der Waals surface area contributed by atoms with E-state index in [-0.39, 0.29) is 36.8 Å². The van der Waals surface area contributed by atoms with Crippen LogP contribution < -0.4 is 5.73 Å². The Morgan fingerprint density at radius 3 is 2.50 bits per heavy atom. The van der Waals surface area contributed by atoms with Gasteiger partial charge in [0.05, 0.1) is 6.42 Å². The second-order valence-corrected chi connectivity index (χ2v) is 4.07. The van der Waals surface area contributed by atoms with Crippen molar-refractivity contribution in [3.05, 3.63) is 29.6 Å². The molecule has 6 heteroatoms. The molecule has 0 fully saturated rings. The zero-order valence-corrected chi connectivity index (χ0v) is 12.6. The van der Waals surface area contributed by atoms with Crippen molar-refractivity contribution in [1.29, 1.82) is 0 Å². The molecule has 18 heavy (non-hydrogen) atoms. The average Bonchev–Trinajstić information content (AvgIpc) is 2.30. The Morgan fingerprint density at radius 1 is 1.44 bits per heavy atom. The molecular formula is C12H21Cl2N3O. The molecule has 1 atom stereocenters. The van der Waals surface area contributed by atoms with Crippen molar-refractivity contribution in [2.45, 2.75) is 26.3 Å². The van der Waals surface area contributed by atoms with Gasteiger partial charge in [-0.25, -0.2) is 0 Å². The molecule has 0 spiro atoms. The molecule has 0 saturated heterocycles. The molecule has 4 nitrogen and oxygen atoms in total. The normalized spacial score (nSPS) is 10.9. The van der Waals surface area contributed by atoms with Gasteiger partial charge < -0.3 is 10.6 Å². The first kappa shape index (κ1) is 19.5. The van der Waals surface area contributed by atoms with E-state index in [0.29, 0.717) is 13.0 Å². The lowest BCUT2D eigenvalue weighted by Crippen LogP contribution is -2.40. The van der Waals surface area contributed by atoms with E-state index >= 15 is 0 Å². The number of aryl methyl sites for hydroxylation is 1. The summed E-state index contributed by atoms with van der Waals surface area (Å²) in [5.41, 5.74) is 7.41. The van der Waals surface area contributed by atoms with Gasteiger partial charge in [-0.3, -0.25) is 9.78 Å². The van der Waals surface area contributed by atoms with Crippen LogP contribution in [0.15, 0.2) is 18.3 Å². The van der Waals surface area contributed by atoms with Crippen LogP contribution in [0.2, 0.25) is 0 Å². The summed E-state index contributed by atoms with van der Waals surface area (Å²) in [6, 6.07) is 3.92. The smallest absolute Gasteiger partial charge is 0.227 e. The van der Waals surface area contributed by atoms with Crippen molar-refractivity contribution < 1.29 is 4.79 Å². The SMILES string of the molecule is Cc1ccc(CC(=O)N(C)C(C)CN)cn1.Cl.Cl. The fraction of sp³-hybridized carbons (Fsp3) is 0.500. The molecule has 0 saturated carbocycles. The predicted molar refractivity (Wildman–Crippen MR) is 78.5 cm³/mol. The van der Waals surface area contributed by atoms with Gasteiger partial charge in [-0.2, -0.15) is 0 Å². The van der Waals surface area contributed by atoms with Crippen molar-refractivity contribution in [1.82, 2.24) is 9.88 Å². The third kappa shape index (κ3) is 5.67. The zero-order chi connectivity index (χ0) is 12.1. The fourth-order valence-corrected chi connectivity index (χ4v) is 1.31. The van der Waals surface area contributed by atoms with Gasteiger partial charge in [0, 0.05) is 31.5 Å². The molecule has 0 aromatic carbocycles. The molecule has 1 aromatic rings. The predicted octanol–water partition coefficient (Wildman–Crippen LogP) is 1.58. The largest absolute Gasteiger partial charge is 0.341 e. The number of likely N-dealkylation sites (N-methyl/N-ethyl adjacent to an activating group) is 1. The molecule has 2 N–H and O–H groups in total. The number of nitrogens with zero attached hydrogens (tertiary/aromatic N) is 2. The molecule has 1 heterocycles. The molecule has 104 valence electrons. The van der Waals surface area contributed by atoms with Crippen molar-refractivity contribution in [3.63, 3.8) is 0 Å². The summed E-state index contributed by atoms with van der Waals surface area (Å²) >= 11 is 0. The number of hydrogen-bond acceptors (Lipinski definition) is 3.